The van der Waals surface area contributed by atoms with Gasteiger partial charge in [-0.25, -0.2) is 9.18 Å². The van der Waals surface area contributed by atoms with Gasteiger partial charge in [0.25, 0.3) is 0 Å². The van der Waals surface area contributed by atoms with Crippen LogP contribution in [0.1, 0.15) is 19.4 Å². The molecule has 3 rings (SSSR count). The largest absolute Gasteiger partial charge is 0.329 e. The molecule has 2 amide bonds. The van der Waals surface area contributed by atoms with E-state index < -0.39 is 17.4 Å². The molecule has 1 aromatic heterocycles. The highest BCUT2D eigenvalue weighted by atomic mass is 35.5. The highest BCUT2D eigenvalue weighted by Gasteiger charge is 2.26. The van der Waals surface area contributed by atoms with Gasteiger partial charge >= 0.3 is 6.03 Å². The molecule has 3 aromatic rings. The minimum atomic E-state index is -0.962. The molecule has 0 atom stereocenters. The fourth-order valence-corrected chi connectivity index (χ4v) is 2.62. The Morgan fingerprint density at radius 1 is 1.25 bits per heavy atom. The molecule has 1 heterocycles. The van der Waals surface area contributed by atoms with E-state index in [1.54, 1.807) is 32.0 Å². The molecule has 124 valence electrons. The Balaban J connectivity index is 1.81. The van der Waals surface area contributed by atoms with Crippen molar-refractivity contribution < 1.29 is 9.18 Å². The first-order valence-corrected chi connectivity index (χ1v) is 7.59. The number of aromatic amines is 1. The third kappa shape index (κ3) is 3.16. The SMILES string of the molecule is CC(C)(NC(=O)Nc1cccc2n[nH]nc12)c1cc(Cl)ccc1F. The summed E-state index contributed by atoms with van der Waals surface area (Å²) in [5.41, 5.74) is 1.01. The molecule has 0 spiro atoms. The number of aromatic nitrogens is 3. The van der Waals surface area contributed by atoms with Gasteiger partial charge < -0.3 is 10.6 Å². The number of hydrogen-bond acceptors (Lipinski definition) is 3. The number of urea groups is 1. The molecule has 0 fully saturated rings. The number of fused-ring (bicyclic) bond motifs is 1. The van der Waals surface area contributed by atoms with Gasteiger partial charge in [-0.2, -0.15) is 15.4 Å². The maximum Gasteiger partial charge on any atom is 0.319 e. The lowest BCUT2D eigenvalue weighted by Crippen LogP contribution is -2.44. The van der Waals surface area contributed by atoms with Crippen LogP contribution < -0.4 is 10.6 Å². The van der Waals surface area contributed by atoms with Crippen LogP contribution in [0.3, 0.4) is 0 Å². The fraction of sp³-hybridized carbons (Fsp3) is 0.188. The number of nitrogens with one attached hydrogen (secondary N) is 3. The highest BCUT2D eigenvalue weighted by Crippen LogP contribution is 2.26. The number of rotatable bonds is 3. The number of nitrogens with zero attached hydrogens (tertiary/aromatic N) is 2. The number of amides is 2. The standard InChI is InChI=1S/C16H15ClFN5O/c1-16(2,10-8-9(17)6-7-11(10)18)20-15(24)19-12-4-3-5-13-14(12)22-23-21-13/h3-8H,1-2H3,(H2,19,20,24)(H,21,22,23). The van der Waals surface area contributed by atoms with Gasteiger partial charge in [-0.05, 0) is 44.2 Å². The zero-order valence-corrected chi connectivity index (χ0v) is 13.8. The van der Waals surface area contributed by atoms with Crippen LogP contribution in [0.15, 0.2) is 36.4 Å². The van der Waals surface area contributed by atoms with Crippen molar-refractivity contribution in [2.45, 2.75) is 19.4 Å². The number of benzene rings is 2. The second-order valence-electron chi connectivity index (χ2n) is 5.83. The van der Waals surface area contributed by atoms with E-state index in [9.17, 15) is 9.18 Å². The Hall–Kier alpha value is -2.67. The Labute approximate surface area is 142 Å². The molecule has 0 radical (unpaired) electrons. The second kappa shape index (κ2) is 6.09. The minimum Gasteiger partial charge on any atom is -0.329 e. The molecular weight excluding hydrogens is 333 g/mol. The number of carbonyl (C=O) groups excluding carboxylic acids is 1. The van der Waals surface area contributed by atoms with Gasteiger partial charge in [0.2, 0.25) is 0 Å². The molecule has 2 aromatic carbocycles. The first kappa shape index (κ1) is 16.2. The first-order valence-electron chi connectivity index (χ1n) is 7.21. The van der Waals surface area contributed by atoms with Crippen LogP contribution in [0.5, 0.6) is 0 Å². The lowest BCUT2D eigenvalue weighted by molar-refractivity contribution is 0.241. The molecule has 0 aliphatic heterocycles. The third-order valence-corrected chi connectivity index (χ3v) is 3.86. The van der Waals surface area contributed by atoms with E-state index >= 15 is 0 Å². The Morgan fingerprint density at radius 3 is 2.83 bits per heavy atom. The monoisotopic (exact) mass is 347 g/mol. The lowest BCUT2D eigenvalue weighted by atomic mass is 9.94. The van der Waals surface area contributed by atoms with Crippen LogP contribution in [0.25, 0.3) is 11.0 Å². The van der Waals surface area contributed by atoms with Crippen LogP contribution in [-0.2, 0) is 5.54 Å². The number of hydrogen-bond donors (Lipinski definition) is 3. The molecular formula is C16H15ClFN5O. The molecule has 0 bridgehead atoms. The number of anilines is 1. The lowest BCUT2D eigenvalue weighted by Gasteiger charge is -2.27. The van der Waals surface area contributed by atoms with E-state index in [2.05, 4.69) is 26.0 Å². The zero-order valence-electron chi connectivity index (χ0n) is 13.0. The molecule has 0 aliphatic carbocycles. The van der Waals surface area contributed by atoms with Crippen molar-refractivity contribution in [1.29, 1.82) is 0 Å². The second-order valence-corrected chi connectivity index (χ2v) is 6.26. The molecule has 0 unspecified atom stereocenters. The van der Waals surface area contributed by atoms with Crippen molar-refractivity contribution in [2.75, 3.05) is 5.32 Å². The molecule has 8 heteroatoms. The van der Waals surface area contributed by atoms with Crippen LogP contribution in [0.4, 0.5) is 14.9 Å². The van der Waals surface area contributed by atoms with Gasteiger partial charge in [0.1, 0.15) is 16.9 Å². The topological polar surface area (TPSA) is 82.7 Å². The average Bonchev–Trinajstić information content (AvgIpc) is 2.98. The Kier molecular flexibility index (Phi) is 4.11. The Bertz CT molecular complexity index is 908. The maximum absolute atomic E-state index is 14.1. The van der Waals surface area contributed by atoms with Gasteiger partial charge in [-0.1, -0.05) is 17.7 Å². The van der Waals surface area contributed by atoms with Crippen molar-refractivity contribution in [3.8, 4) is 0 Å². The van der Waals surface area contributed by atoms with Gasteiger partial charge in [-0.15, -0.1) is 0 Å². The van der Waals surface area contributed by atoms with Crippen LogP contribution in [-0.4, -0.2) is 21.4 Å². The van der Waals surface area contributed by atoms with E-state index in [-0.39, 0.29) is 0 Å². The maximum atomic E-state index is 14.1. The smallest absolute Gasteiger partial charge is 0.319 e. The highest BCUT2D eigenvalue weighted by molar-refractivity contribution is 6.30. The van der Waals surface area contributed by atoms with Gasteiger partial charge in [0.15, 0.2) is 0 Å². The van der Waals surface area contributed by atoms with Crippen molar-refractivity contribution in [3.05, 3.63) is 52.8 Å². The molecule has 24 heavy (non-hydrogen) atoms. The number of carbonyl (C=O) groups is 1. The first-order chi connectivity index (χ1) is 11.4. The summed E-state index contributed by atoms with van der Waals surface area (Å²) in [6, 6.07) is 8.97. The predicted molar refractivity (Wildman–Crippen MR) is 90.5 cm³/mol. The van der Waals surface area contributed by atoms with Crippen LogP contribution >= 0.6 is 11.6 Å². The summed E-state index contributed by atoms with van der Waals surface area (Å²) in [5, 5.41) is 16.3. The molecule has 0 aliphatic rings. The van der Waals surface area contributed by atoms with E-state index in [0.29, 0.717) is 27.3 Å². The minimum absolute atomic E-state index is 0.296. The van der Waals surface area contributed by atoms with Crippen LogP contribution in [0, 0.1) is 5.82 Å². The summed E-state index contributed by atoms with van der Waals surface area (Å²) < 4.78 is 14.1. The predicted octanol–water partition coefficient (Wildman–Crippen LogP) is 3.81. The van der Waals surface area contributed by atoms with E-state index in [1.807, 2.05) is 0 Å². The fourth-order valence-electron chi connectivity index (χ4n) is 2.45. The number of H-pyrrole nitrogens is 1. The summed E-state index contributed by atoms with van der Waals surface area (Å²) in [6.07, 6.45) is 0. The van der Waals surface area contributed by atoms with Crippen LogP contribution in [0.2, 0.25) is 5.02 Å². The van der Waals surface area contributed by atoms with Gasteiger partial charge in [0.05, 0.1) is 11.2 Å². The summed E-state index contributed by atoms with van der Waals surface area (Å²) in [7, 11) is 0. The normalized spacial score (nSPS) is 11.5. The summed E-state index contributed by atoms with van der Waals surface area (Å²) in [5.74, 6) is -0.441. The van der Waals surface area contributed by atoms with Crippen molar-refractivity contribution in [1.82, 2.24) is 20.7 Å². The summed E-state index contributed by atoms with van der Waals surface area (Å²) >= 11 is 5.93. The quantitative estimate of drug-likeness (QED) is 0.673. The third-order valence-electron chi connectivity index (χ3n) is 3.62. The molecule has 0 saturated carbocycles. The summed E-state index contributed by atoms with van der Waals surface area (Å²) in [4.78, 5) is 12.3. The van der Waals surface area contributed by atoms with Crippen molar-refractivity contribution >= 4 is 34.4 Å². The molecule has 3 N–H and O–H groups in total. The zero-order chi connectivity index (χ0) is 17.3. The number of para-hydroxylation sites is 1. The average molecular weight is 348 g/mol. The molecule has 6 nitrogen and oxygen atoms in total. The van der Waals surface area contributed by atoms with Gasteiger partial charge in [0, 0.05) is 10.6 Å². The van der Waals surface area contributed by atoms with Crippen molar-refractivity contribution in [2.24, 2.45) is 0 Å². The van der Waals surface area contributed by atoms with E-state index in [4.69, 9.17) is 11.6 Å². The molecule has 0 saturated heterocycles. The number of halogens is 2. The van der Waals surface area contributed by atoms with Gasteiger partial charge in [-0.3, -0.25) is 0 Å². The van der Waals surface area contributed by atoms with E-state index in [1.165, 1.54) is 18.2 Å². The Morgan fingerprint density at radius 2 is 2.04 bits per heavy atom. The van der Waals surface area contributed by atoms with Crippen molar-refractivity contribution in [3.63, 3.8) is 0 Å². The summed E-state index contributed by atoms with van der Waals surface area (Å²) in [6.45, 7) is 3.38. The van der Waals surface area contributed by atoms with E-state index in [0.717, 1.165) is 0 Å².